The third kappa shape index (κ3) is 2.45. The van der Waals surface area contributed by atoms with Gasteiger partial charge in [-0.05, 0) is 43.5 Å². The van der Waals surface area contributed by atoms with E-state index < -0.39 is 0 Å². The summed E-state index contributed by atoms with van der Waals surface area (Å²) >= 11 is 0. The van der Waals surface area contributed by atoms with Crippen molar-refractivity contribution in [3.8, 4) is 0 Å². The van der Waals surface area contributed by atoms with Crippen molar-refractivity contribution in [2.75, 3.05) is 18.6 Å². The van der Waals surface area contributed by atoms with Crippen molar-refractivity contribution in [3.05, 3.63) is 29.3 Å². The lowest BCUT2D eigenvalue weighted by molar-refractivity contribution is 0.118. The van der Waals surface area contributed by atoms with Crippen LogP contribution in [0.5, 0.6) is 0 Å². The fraction of sp³-hybridized carbons (Fsp3) is 0.571. The van der Waals surface area contributed by atoms with Gasteiger partial charge in [0, 0.05) is 19.3 Å². The molecule has 0 spiro atoms. The number of ether oxygens (including phenoxy) is 1. The summed E-state index contributed by atoms with van der Waals surface area (Å²) < 4.78 is 5.60. The number of aliphatic hydroxyl groups is 1. The van der Waals surface area contributed by atoms with E-state index in [2.05, 4.69) is 31.0 Å². The predicted molar refractivity (Wildman–Crippen MR) is 69.3 cm³/mol. The van der Waals surface area contributed by atoms with Crippen LogP contribution in [0.1, 0.15) is 24.5 Å². The van der Waals surface area contributed by atoms with Gasteiger partial charge in [0.2, 0.25) is 0 Å². The van der Waals surface area contributed by atoms with Gasteiger partial charge in [-0.25, -0.2) is 0 Å². The average Bonchev–Trinajstić information content (AvgIpc) is 2.74. The Bertz CT molecular complexity index is 392. The number of likely N-dealkylation sites (N-methyl/N-ethyl adjacent to an activating group) is 1. The Kier molecular flexibility index (Phi) is 3.69. The molecular weight excluding hydrogens is 214 g/mol. The predicted octanol–water partition coefficient (Wildman–Crippen LogP) is 2.10. The molecule has 2 rings (SSSR count). The van der Waals surface area contributed by atoms with E-state index in [0.29, 0.717) is 6.04 Å². The Morgan fingerprint density at radius 1 is 1.47 bits per heavy atom. The summed E-state index contributed by atoms with van der Waals surface area (Å²) in [5, 5.41) is 9.17. The van der Waals surface area contributed by atoms with Crippen LogP contribution in [0.4, 0.5) is 5.69 Å². The molecule has 1 aromatic rings. The van der Waals surface area contributed by atoms with Crippen molar-refractivity contribution in [2.24, 2.45) is 0 Å². The van der Waals surface area contributed by atoms with E-state index in [0.717, 1.165) is 24.2 Å². The van der Waals surface area contributed by atoms with Gasteiger partial charge in [-0.3, -0.25) is 0 Å². The zero-order chi connectivity index (χ0) is 12.4. The van der Waals surface area contributed by atoms with Crippen LogP contribution in [0, 0.1) is 6.92 Å². The minimum atomic E-state index is 0.110. The number of aryl methyl sites for hydroxylation is 1. The standard InChI is InChI=1S/C14H21NO2/c1-10-8-13(5-4-12(10)9-16)15(3)14-6-7-17-11(14)2/h4-5,8,11,14,16H,6-7,9H2,1-3H3. The molecule has 1 N–H and O–H groups in total. The maximum atomic E-state index is 9.17. The highest BCUT2D eigenvalue weighted by Gasteiger charge is 2.28. The topological polar surface area (TPSA) is 32.7 Å². The van der Waals surface area contributed by atoms with E-state index in [9.17, 15) is 0 Å². The van der Waals surface area contributed by atoms with Gasteiger partial charge in [0.15, 0.2) is 0 Å². The Labute approximate surface area is 103 Å². The zero-order valence-corrected chi connectivity index (χ0v) is 10.8. The molecule has 2 unspecified atom stereocenters. The number of benzene rings is 1. The summed E-state index contributed by atoms with van der Waals surface area (Å²) in [6.45, 7) is 5.13. The van der Waals surface area contributed by atoms with Crippen molar-refractivity contribution in [1.29, 1.82) is 0 Å². The van der Waals surface area contributed by atoms with Gasteiger partial charge in [0.1, 0.15) is 0 Å². The molecule has 1 aromatic carbocycles. The number of anilines is 1. The van der Waals surface area contributed by atoms with Gasteiger partial charge >= 0.3 is 0 Å². The van der Waals surface area contributed by atoms with Crippen LogP contribution in [0.15, 0.2) is 18.2 Å². The summed E-state index contributed by atoms with van der Waals surface area (Å²) in [5.74, 6) is 0. The molecule has 3 heteroatoms. The molecule has 0 aliphatic carbocycles. The van der Waals surface area contributed by atoms with Crippen molar-refractivity contribution in [1.82, 2.24) is 0 Å². The molecule has 1 aliphatic rings. The molecule has 1 heterocycles. The average molecular weight is 235 g/mol. The highest BCUT2D eigenvalue weighted by molar-refractivity contribution is 5.51. The zero-order valence-electron chi connectivity index (χ0n) is 10.8. The summed E-state index contributed by atoms with van der Waals surface area (Å²) in [7, 11) is 2.11. The smallest absolute Gasteiger partial charge is 0.0750 e. The van der Waals surface area contributed by atoms with Gasteiger partial charge in [-0.2, -0.15) is 0 Å². The molecular formula is C14H21NO2. The molecule has 1 aliphatic heterocycles. The molecule has 0 radical (unpaired) electrons. The van der Waals surface area contributed by atoms with E-state index in [1.54, 1.807) is 0 Å². The summed E-state index contributed by atoms with van der Waals surface area (Å²) in [4.78, 5) is 2.28. The highest BCUT2D eigenvalue weighted by Crippen LogP contribution is 2.25. The second-order valence-corrected chi connectivity index (χ2v) is 4.81. The van der Waals surface area contributed by atoms with Gasteiger partial charge in [-0.1, -0.05) is 6.07 Å². The van der Waals surface area contributed by atoms with E-state index in [4.69, 9.17) is 9.84 Å². The Balaban J connectivity index is 2.19. The number of hydrogen-bond acceptors (Lipinski definition) is 3. The molecule has 1 fully saturated rings. The molecule has 0 saturated carbocycles. The van der Waals surface area contributed by atoms with Crippen LogP contribution in [-0.2, 0) is 11.3 Å². The SMILES string of the molecule is Cc1cc(N(C)C2CCOC2C)ccc1CO. The van der Waals surface area contributed by atoms with Gasteiger partial charge in [0.25, 0.3) is 0 Å². The molecule has 1 saturated heterocycles. The number of rotatable bonds is 3. The minimum Gasteiger partial charge on any atom is -0.392 e. The Morgan fingerprint density at radius 2 is 2.24 bits per heavy atom. The minimum absolute atomic E-state index is 0.110. The Hall–Kier alpha value is -1.06. The number of nitrogens with zero attached hydrogens (tertiary/aromatic N) is 1. The second-order valence-electron chi connectivity index (χ2n) is 4.81. The molecule has 0 aromatic heterocycles. The van der Waals surface area contributed by atoms with Crippen LogP contribution in [0.3, 0.4) is 0 Å². The fourth-order valence-electron chi connectivity index (χ4n) is 2.50. The molecule has 94 valence electrons. The number of aliphatic hydroxyl groups excluding tert-OH is 1. The lowest BCUT2D eigenvalue weighted by Gasteiger charge is -2.29. The van der Waals surface area contributed by atoms with Crippen LogP contribution >= 0.6 is 0 Å². The van der Waals surface area contributed by atoms with Gasteiger partial charge in [0.05, 0.1) is 18.8 Å². The number of hydrogen-bond donors (Lipinski definition) is 1. The summed E-state index contributed by atoms with van der Waals surface area (Å²) in [6, 6.07) is 6.66. The third-order valence-corrected chi connectivity index (χ3v) is 3.74. The maximum absolute atomic E-state index is 9.17. The van der Waals surface area contributed by atoms with Crippen LogP contribution < -0.4 is 4.90 Å². The van der Waals surface area contributed by atoms with Crippen molar-refractivity contribution < 1.29 is 9.84 Å². The van der Waals surface area contributed by atoms with Crippen molar-refractivity contribution >= 4 is 5.69 Å². The van der Waals surface area contributed by atoms with Crippen LogP contribution in [0.25, 0.3) is 0 Å². The quantitative estimate of drug-likeness (QED) is 0.871. The first-order chi connectivity index (χ1) is 8.13. The van der Waals surface area contributed by atoms with Gasteiger partial charge < -0.3 is 14.7 Å². The molecule has 17 heavy (non-hydrogen) atoms. The lowest BCUT2D eigenvalue weighted by Crippen LogP contribution is -2.36. The molecule has 0 amide bonds. The highest BCUT2D eigenvalue weighted by atomic mass is 16.5. The normalized spacial score (nSPS) is 24.0. The third-order valence-electron chi connectivity index (χ3n) is 3.74. The Morgan fingerprint density at radius 3 is 2.76 bits per heavy atom. The largest absolute Gasteiger partial charge is 0.392 e. The summed E-state index contributed by atoms with van der Waals surface area (Å²) in [6.07, 6.45) is 1.37. The molecule has 3 nitrogen and oxygen atoms in total. The van der Waals surface area contributed by atoms with E-state index in [1.165, 1.54) is 5.69 Å². The fourth-order valence-corrected chi connectivity index (χ4v) is 2.50. The first kappa shape index (κ1) is 12.4. The lowest BCUT2D eigenvalue weighted by atomic mass is 10.1. The van der Waals surface area contributed by atoms with Crippen molar-refractivity contribution in [2.45, 2.75) is 39.0 Å². The van der Waals surface area contributed by atoms with E-state index >= 15 is 0 Å². The first-order valence-corrected chi connectivity index (χ1v) is 6.18. The van der Waals surface area contributed by atoms with Gasteiger partial charge in [-0.15, -0.1) is 0 Å². The monoisotopic (exact) mass is 235 g/mol. The molecule has 2 atom stereocenters. The first-order valence-electron chi connectivity index (χ1n) is 6.18. The molecule has 0 bridgehead atoms. The van der Waals surface area contributed by atoms with E-state index in [1.807, 2.05) is 13.0 Å². The van der Waals surface area contributed by atoms with Crippen LogP contribution in [-0.4, -0.2) is 30.9 Å². The van der Waals surface area contributed by atoms with E-state index in [-0.39, 0.29) is 12.7 Å². The second kappa shape index (κ2) is 5.07. The van der Waals surface area contributed by atoms with Crippen molar-refractivity contribution in [3.63, 3.8) is 0 Å². The van der Waals surface area contributed by atoms with Crippen LogP contribution in [0.2, 0.25) is 0 Å². The summed E-state index contributed by atoms with van der Waals surface area (Å²) in [5.41, 5.74) is 3.34. The maximum Gasteiger partial charge on any atom is 0.0750 e.